The number of phenolic OH excluding ortho intramolecular Hbond substituents is 1. The van der Waals surface area contributed by atoms with Gasteiger partial charge in [0.15, 0.2) is 12.0 Å². The Kier molecular flexibility index (Phi) is 5.64. The number of hydrazine groups is 1. The minimum absolute atomic E-state index is 0.139. The van der Waals surface area contributed by atoms with Gasteiger partial charge in [0, 0.05) is 30.2 Å². The Balaban J connectivity index is 1.92. The van der Waals surface area contributed by atoms with E-state index in [0.717, 1.165) is 5.56 Å². The normalized spacial score (nSPS) is 22.1. The first-order valence-corrected chi connectivity index (χ1v) is 8.53. The van der Waals surface area contributed by atoms with Gasteiger partial charge in [0.25, 0.3) is 0 Å². The first-order valence-electron chi connectivity index (χ1n) is 8.53. The second kappa shape index (κ2) is 8.12. The maximum absolute atomic E-state index is 10.5. The van der Waals surface area contributed by atoms with Gasteiger partial charge in [-0.3, -0.25) is 11.2 Å². The summed E-state index contributed by atoms with van der Waals surface area (Å²) >= 11 is 0. The maximum Gasteiger partial charge on any atom is 0.197 e. The molecule has 1 aromatic rings. The zero-order chi connectivity index (χ0) is 19.4. The van der Waals surface area contributed by atoms with Crippen LogP contribution in [0, 0.1) is 0 Å². The summed E-state index contributed by atoms with van der Waals surface area (Å²) < 4.78 is 6.14. The van der Waals surface area contributed by atoms with Crippen molar-refractivity contribution in [2.24, 2.45) is 22.0 Å². The summed E-state index contributed by atoms with van der Waals surface area (Å²) in [6.07, 6.45) is 4.28. The van der Waals surface area contributed by atoms with Crippen molar-refractivity contribution in [1.29, 1.82) is 0 Å². The number of nitrogens with one attached hydrogen (secondary N) is 4. The van der Waals surface area contributed by atoms with Gasteiger partial charge in [-0.2, -0.15) is 0 Å². The molecule has 0 bridgehead atoms. The Morgan fingerprint density at radius 1 is 1.41 bits per heavy atom. The fraction of sp³-hybridized carbons (Fsp3) is 0.375. The van der Waals surface area contributed by atoms with Crippen LogP contribution in [0.15, 0.2) is 46.8 Å². The first-order chi connectivity index (χ1) is 13.0. The lowest BCUT2D eigenvalue weighted by Crippen LogP contribution is -2.58. The summed E-state index contributed by atoms with van der Waals surface area (Å²) in [5.74, 6) is 12.2. The molecule has 0 aliphatic carbocycles. The minimum atomic E-state index is -0.524. The van der Waals surface area contributed by atoms with Crippen LogP contribution in [0.2, 0.25) is 0 Å². The summed E-state index contributed by atoms with van der Waals surface area (Å²) in [5, 5.41) is 26.6. The molecule has 9 N–H and O–H groups in total. The molecule has 0 aromatic heterocycles. The molecule has 3 rings (SSSR count). The van der Waals surface area contributed by atoms with Crippen molar-refractivity contribution in [2.45, 2.75) is 32.2 Å². The summed E-state index contributed by atoms with van der Waals surface area (Å²) in [5.41, 5.74) is 4.13. The van der Waals surface area contributed by atoms with Crippen LogP contribution < -0.4 is 42.7 Å². The Morgan fingerprint density at radius 2 is 2.22 bits per heavy atom. The highest BCUT2D eigenvalue weighted by atomic mass is 16.5. The molecule has 2 aliphatic rings. The molecule has 27 heavy (non-hydrogen) atoms. The molecule has 0 saturated carbocycles. The lowest BCUT2D eigenvalue weighted by molar-refractivity contribution is 0.265. The van der Waals surface area contributed by atoms with Crippen LogP contribution in [-0.2, 0) is 0 Å². The summed E-state index contributed by atoms with van der Waals surface area (Å²) in [7, 11) is 0. The first kappa shape index (κ1) is 18.8. The van der Waals surface area contributed by atoms with Crippen molar-refractivity contribution in [2.75, 3.05) is 11.6 Å². The van der Waals surface area contributed by atoms with Crippen LogP contribution in [0.5, 0.6) is 11.5 Å². The highest BCUT2D eigenvalue weighted by Crippen LogP contribution is 2.39. The molecule has 0 fully saturated rings. The van der Waals surface area contributed by atoms with Gasteiger partial charge in [-0.15, -0.1) is 5.11 Å². The molecule has 0 amide bonds. The maximum atomic E-state index is 10.5. The smallest absolute Gasteiger partial charge is 0.197 e. The van der Waals surface area contributed by atoms with E-state index >= 15 is 0 Å². The largest absolute Gasteiger partial charge is 0.506 e. The number of benzene rings is 1. The third-order valence-corrected chi connectivity index (χ3v) is 4.24. The van der Waals surface area contributed by atoms with E-state index in [1.807, 2.05) is 37.2 Å². The molecular formula is C16H25N9O2. The average Bonchev–Trinajstić information content (AvgIpc) is 3.18. The monoisotopic (exact) mass is 375 g/mol. The van der Waals surface area contributed by atoms with Gasteiger partial charge in [-0.1, -0.05) is 19.1 Å². The Morgan fingerprint density at radius 3 is 2.85 bits per heavy atom. The second-order valence-electron chi connectivity index (χ2n) is 6.40. The van der Waals surface area contributed by atoms with Crippen LogP contribution in [0.3, 0.4) is 0 Å². The van der Waals surface area contributed by atoms with E-state index in [2.05, 4.69) is 31.7 Å². The molecule has 0 radical (unpaired) electrons. The van der Waals surface area contributed by atoms with Gasteiger partial charge in [0.05, 0.1) is 12.4 Å². The summed E-state index contributed by atoms with van der Waals surface area (Å²) in [6, 6.07) is 3.53. The van der Waals surface area contributed by atoms with Crippen LogP contribution in [-0.4, -0.2) is 24.2 Å². The van der Waals surface area contributed by atoms with Crippen molar-refractivity contribution in [3.8, 4) is 11.5 Å². The molecule has 2 atom stereocenters. The van der Waals surface area contributed by atoms with Crippen molar-refractivity contribution in [1.82, 2.24) is 21.4 Å². The van der Waals surface area contributed by atoms with E-state index < -0.39 is 12.5 Å². The van der Waals surface area contributed by atoms with Gasteiger partial charge in [0.2, 0.25) is 0 Å². The predicted molar refractivity (Wildman–Crippen MR) is 101 cm³/mol. The number of hydrogen-bond donors (Lipinski definition) is 7. The second-order valence-corrected chi connectivity index (χ2v) is 6.40. The molecule has 11 heteroatoms. The number of ether oxygens (including phenoxy) is 1. The zero-order valence-electron chi connectivity index (χ0n) is 15.2. The number of nitrogens with two attached hydrogens (primary N) is 2. The van der Waals surface area contributed by atoms with Gasteiger partial charge in [-0.05, 0) is 12.0 Å². The van der Waals surface area contributed by atoms with Crippen molar-refractivity contribution < 1.29 is 9.84 Å². The lowest BCUT2D eigenvalue weighted by atomic mass is 10.0. The summed E-state index contributed by atoms with van der Waals surface area (Å²) in [4.78, 5) is 1.88. The van der Waals surface area contributed by atoms with Crippen LogP contribution in [0.1, 0.15) is 25.3 Å². The summed E-state index contributed by atoms with van der Waals surface area (Å²) in [6.45, 7) is 4.62. The number of rotatable bonds is 6. The highest BCUT2D eigenvalue weighted by molar-refractivity contribution is 5.66. The molecule has 11 nitrogen and oxygen atoms in total. The number of phenols is 1. The fourth-order valence-corrected chi connectivity index (χ4v) is 2.87. The number of aromatic hydroxyl groups is 1. The van der Waals surface area contributed by atoms with E-state index in [0.29, 0.717) is 23.9 Å². The minimum Gasteiger partial charge on any atom is -0.506 e. The number of anilines is 1. The van der Waals surface area contributed by atoms with E-state index in [1.54, 1.807) is 12.3 Å². The number of hydrogen-bond acceptors (Lipinski definition) is 10. The average molecular weight is 375 g/mol. The molecule has 2 aliphatic heterocycles. The van der Waals surface area contributed by atoms with Crippen molar-refractivity contribution in [3.63, 3.8) is 0 Å². The Labute approximate surface area is 157 Å². The van der Waals surface area contributed by atoms with Crippen molar-refractivity contribution in [3.05, 3.63) is 42.1 Å². The van der Waals surface area contributed by atoms with Gasteiger partial charge < -0.3 is 31.2 Å². The molecule has 0 saturated heterocycles. The van der Waals surface area contributed by atoms with Gasteiger partial charge in [0.1, 0.15) is 17.7 Å². The molecular weight excluding hydrogens is 350 g/mol. The fourth-order valence-electron chi connectivity index (χ4n) is 2.87. The van der Waals surface area contributed by atoms with E-state index in [-0.39, 0.29) is 11.7 Å². The Hall–Kier alpha value is -3.02. The lowest BCUT2D eigenvalue weighted by Gasteiger charge is -2.30. The molecule has 2 heterocycles. The topological polar surface area (TPSA) is 158 Å². The molecule has 146 valence electrons. The van der Waals surface area contributed by atoms with Gasteiger partial charge >= 0.3 is 0 Å². The van der Waals surface area contributed by atoms with Crippen LogP contribution in [0.25, 0.3) is 0 Å². The predicted octanol–water partition coefficient (Wildman–Crippen LogP) is 0.166. The van der Waals surface area contributed by atoms with E-state index in [1.165, 1.54) is 0 Å². The third-order valence-electron chi connectivity index (χ3n) is 4.24. The molecule has 2 unspecified atom stereocenters. The molecule has 1 aromatic carbocycles. The SMILES string of the molecule is CC(C)c1cc(O)c(N2C=CNC2)cc1OC1=CNC(N=NN)NC1NN. The van der Waals surface area contributed by atoms with Crippen molar-refractivity contribution >= 4 is 5.69 Å². The standard InChI is InChI=1S/C16H25N9O2/c1-9(2)10-5-12(26)11(25-4-3-19-8-25)6-13(10)27-14-7-20-16(23-24-18)21-15(14)22-17/h3-7,9,15-16,19-22,26H,8,17H2,1-2H3,(H2,18,23). The van der Waals surface area contributed by atoms with E-state index in [4.69, 9.17) is 16.4 Å². The molecule has 0 spiro atoms. The number of nitrogens with zero attached hydrogens (tertiary/aromatic N) is 3. The van der Waals surface area contributed by atoms with Gasteiger partial charge in [-0.25, -0.2) is 5.43 Å². The van der Waals surface area contributed by atoms with Crippen LogP contribution in [0.4, 0.5) is 5.69 Å². The third kappa shape index (κ3) is 4.05. The van der Waals surface area contributed by atoms with E-state index in [9.17, 15) is 5.11 Å². The Bertz CT molecular complexity index is 763. The highest BCUT2D eigenvalue weighted by Gasteiger charge is 2.26. The van der Waals surface area contributed by atoms with Crippen LogP contribution >= 0.6 is 0 Å². The quantitative estimate of drug-likeness (QED) is 0.209. The zero-order valence-corrected chi connectivity index (χ0v) is 15.2.